The van der Waals surface area contributed by atoms with Gasteiger partial charge in [0.15, 0.2) is 0 Å². The number of nitrogens with zero attached hydrogens (tertiary/aromatic N) is 2. The molecule has 3 heterocycles. The molecule has 3 aliphatic heterocycles. The molecule has 0 aromatic carbocycles. The molecule has 2 bridgehead atoms. The summed E-state index contributed by atoms with van der Waals surface area (Å²) in [5.74, 6) is 0.819. The standard InChI is InChI=1S/C12H24N2O.C2H6/c1-10(2)3-4-14-11-7-12(14)9-13(8-11)5-6-15;1-2/h10-12,15H,3-9H2,1-2H3;1-2H3. The Morgan fingerprint density at radius 1 is 1.12 bits per heavy atom. The first-order valence-electron chi connectivity index (χ1n) is 7.29. The molecule has 2 atom stereocenters. The molecule has 0 spiro atoms. The molecule has 2 unspecified atom stereocenters. The first-order chi connectivity index (χ1) is 8.20. The van der Waals surface area contributed by atoms with Crippen molar-refractivity contribution in [3.05, 3.63) is 0 Å². The van der Waals surface area contributed by atoms with Crippen molar-refractivity contribution in [2.45, 2.75) is 52.6 Å². The molecule has 0 saturated carbocycles. The molecule has 0 radical (unpaired) electrons. The summed E-state index contributed by atoms with van der Waals surface area (Å²) in [6, 6.07) is 1.57. The van der Waals surface area contributed by atoms with E-state index in [4.69, 9.17) is 5.11 Å². The fourth-order valence-electron chi connectivity index (χ4n) is 2.87. The van der Waals surface area contributed by atoms with Crippen molar-refractivity contribution in [3.63, 3.8) is 0 Å². The topological polar surface area (TPSA) is 26.7 Å². The van der Waals surface area contributed by atoms with E-state index in [-0.39, 0.29) is 0 Å². The van der Waals surface area contributed by atoms with Gasteiger partial charge in [-0.1, -0.05) is 27.7 Å². The molecule has 3 rings (SSSR count). The van der Waals surface area contributed by atoms with Crippen LogP contribution in [-0.4, -0.2) is 59.8 Å². The number of hydrogen-bond acceptors (Lipinski definition) is 3. The van der Waals surface area contributed by atoms with Gasteiger partial charge in [0.05, 0.1) is 6.61 Å². The molecule has 3 nitrogen and oxygen atoms in total. The number of rotatable bonds is 5. The molecule has 3 aliphatic rings. The largest absolute Gasteiger partial charge is 0.395 e. The fourth-order valence-corrected chi connectivity index (χ4v) is 2.87. The van der Waals surface area contributed by atoms with Crippen LogP contribution >= 0.6 is 0 Å². The highest BCUT2D eigenvalue weighted by Crippen LogP contribution is 2.32. The number of aliphatic hydroxyl groups is 1. The number of aliphatic hydroxyl groups excluding tert-OH is 1. The second-order valence-electron chi connectivity index (χ2n) is 5.45. The molecule has 0 aromatic rings. The minimum Gasteiger partial charge on any atom is -0.395 e. The van der Waals surface area contributed by atoms with Crippen LogP contribution in [0.4, 0.5) is 0 Å². The van der Waals surface area contributed by atoms with E-state index in [0.29, 0.717) is 6.61 Å². The fraction of sp³-hybridized carbons (Fsp3) is 1.00. The van der Waals surface area contributed by atoms with Crippen LogP contribution < -0.4 is 0 Å². The Labute approximate surface area is 107 Å². The highest BCUT2D eigenvalue weighted by Gasteiger charge is 2.43. The van der Waals surface area contributed by atoms with Crippen molar-refractivity contribution in [2.75, 3.05) is 32.8 Å². The Bertz CT molecular complexity index is 196. The molecule has 17 heavy (non-hydrogen) atoms. The lowest BCUT2D eigenvalue weighted by Gasteiger charge is -2.56. The van der Waals surface area contributed by atoms with E-state index in [2.05, 4.69) is 23.6 Å². The second-order valence-corrected chi connectivity index (χ2v) is 5.45. The third-order valence-electron chi connectivity index (χ3n) is 3.80. The van der Waals surface area contributed by atoms with Crippen LogP contribution in [0.3, 0.4) is 0 Å². The Morgan fingerprint density at radius 3 is 2.18 bits per heavy atom. The van der Waals surface area contributed by atoms with Gasteiger partial charge < -0.3 is 5.11 Å². The zero-order chi connectivity index (χ0) is 12.8. The van der Waals surface area contributed by atoms with Crippen molar-refractivity contribution in [3.8, 4) is 0 Å². The molecule has 3 fully saturated rings. The number of piperazine rings is 1. The summed E-state index contributed by atoms with van der Waals surface area (Å²) in [5.41, 5.74) is 0. The van der Waals surface area contributed by atoms with Gasteiger partial charge in [-0.2, -0.15) is 0 Å². The van der Waals surface area contributed by atoms with Gasteiger partial charge >= 0.3 is 0 Å². The van der Waals surface area contributed by atoms with Crippen LogP contribution in [0.15, 0.2) is 0 Å². The smallest absolute Gasteiger partial charge is 0.0558 e. The van der Waals surface area contributed by atoms with E-state index in [1.807, 2.05) is 13.8 Å². The summed E-state index contributed by atoms with van der Waals surface area (Å²) >= 11 is 0. The van der Waals surface area contributed by atoms with Gasteiger partial charge in [0.2, 0.25) is 0 Å². The van der Waals surface area contributed by atoms with Gasteiger partial charge in [0.25, 0.3) is 0 Å². The first-order valence-corrected chi connectivity index (χ1v) is 7.29. The number of piperidine rings is 1. The quantitative estimate of drug-likeness (QED) is 0.796. The average Bonchev–Trinajstić information content (AvgIpc) is 2.32. The van der Waals surface area contributed by atoms with E-state index in [1.165, 1.54) is 32.5 Å². The van der Waals surface area contributed by atoms with E-state index in [9.17, 15) is 0 Å². The zero-order valence-electron chi connectivity index (χ0n) is 12.0. The molecule has 0 amide bonds. The lowest BCUT2D eigenvalue weighted by molar-refractivity contribution is -0.0733. The lowest BCUT2D eigenvalue weighted by atomic mass is 9.86. The van der Waals surface area contributed by atoms with Crippen LogP contribution in [0.5, 0.6) is 0 Å². The van der Waals surface area contributed by atoms with Crippen molar-refractivity contribution >= 4 is 0 Å². The minimum absolute atomic E-state index is 0.311. The Kier molecular flexibility index (Phi) is 6.45. The lowest BCUT2D eigenvalue weighted by Crippen LogP contribution is -2.68. The third-order valence-corrected chi connectivity index (χ3v) is 3.80. The van der Waals surface area contributed by atoms with E-state index < -0.39 is 0 Å². The maximum absolute atomic E-state index is 8.91. The molecule has 3 saturated heterocycles. The van der Waals surface area contributed by atoms with Crippen LogP contribution in [0.2, 0.25) is 0 Å². The van der Waals surface area contributed by atoms with Gasteiger partial charge in [-0.05, 0) is 25.3 Å². The van der Waals surface area contributed by atoms with Gasteiger partial charge in [0.1, 0.15) is 0 Å². The van der Waals surface area contributed by atoms with Gasteiger partial charge in [-0.25, -0.2) is 0 Å². The number of fused-ring (bicyclic) bond motifs is 2. The maximum Gasteiger partial charge on any atom is 0.0558 e. The summed E-state index contributed by atoms with van der Waals surface area (Å²) in [7, 11) is 0. The first kappa shape index (κ1) is 14.9. The predicted molar refractivity (Wildman–Crippen MR) is 73.2 cm³/mol. The molecule has 0 aromatic heterocycles. The van der Waals surface area contributed by atoms with E-state index >= 15 is 0 Å². The van der Waals surface area contributed by atoms with Crippen molar-refractivity contribution < 1.29 is 5.11 Å². The zero-order valence-corrected chi connectivity index (χ0v) is 12.0. The Hall–Kier alpha value is -0.120. The van der Waals surface area contributed by atoms with Crippen LogP contribution in [0, 0.1) is 5.92 Å². The maximum atomic E-state index is 8.91. The Balaban J connectivity index is 0.000000686. The van der Waals surface area contributed by atoms with Crippen molar-refractivity contribution in [2.24, 2.45) is 5.92 Å². The number of hydrogen-bond donors (Lipinski definition) is 1. The molecule has 1 N–H and O–H groups in total. The normalized spacial score (nSPS) is 28.6. The predicted octanol–water partition coefficient (Wildman–Crippen LogP) is 1.81. The van der Waals surface area contributed by atoms with Crippen molar-refractivity contribution in [1.82, 2.24) is 9.80 Å². The summed E-state index contributed by atoms with van der Waals surface area (Å²) in [6.07, 6.45) is 2.72. The second kappa shape index (κ2) is 7.34. The molecule has 102 valence electrons. The highest BCUT2D eigenvalue weighted by atomic mass is 16.3. The SMILES string of the molecule is CC.CC(C)CCN1C2CC1CN(CCO)C2. The van der Waals surface area contributed by atoms with Crippen LogP contribution in [0.25, 0.3) is 0 Å². The Morgan fingerprint density at radius 2 is 1.71 bits per heavy atom. The summed E-state index contributed by atoms with van der Waals surface area (Å²) in [6.45, 7) is 13.4. The van der Waals surface area contributed by atoms with Crippen LogP contribution in [-0.2, 0) is 0 Å². The van der Waals surface area contributed by atoms with E-state index in [0.717, 1.165) is 24.5 Å². The third kappa shape index (κ3) is 3.94. The summed E-state index contributed by atoms with van der Waals surface area (Å²) < 4.78 is 0. The van der Waals surface area contributed by atoms with Gasteiger partial charge in [0, 0.05) is 31.7 Å². The summed E-state index contributed by atoms with van der Waals surface area (Å²) in [5, 5.41) is 8.91. The van der Waals surface area contributed by atoms with Crippen molar-refractivity contribution in [1.29, 1.82) is 0 Å². The van der Waals surface area contributed by atoms with Gasteiger partial charge in [-0.3, -0.25) is 9.80 Å². The molecular weight excluding hydrogens is 212 g/mol. The highest BCUT2D eigenvalue weighted by molar-refractivity contribution is 5.00. The molecule has 0 aliphatic carbocycles. The monoisotopic (exact) mass is 242 g/mol. The molecular formula is C14H30N2O. The average molecular weight is 242 g/mol. The van der Waals surface area contributed by atoms with E-state index in [1.54, 1.807) is 0 Å². The summed E-state index contributed by atoms with van der Waals surface area (Å²) in [4.78, 5) is 5.08. The minimum atomic E-state index is 0.311. The van der Waals surface area contributed by atoms with Crippen LogP contribution in [0.1, 0.15) is 40.5 Å². The molecule has 3 heteroatoms. The van der Waals surface area contributed by atoms with Gasteiger partial charge in [-0.15, -0.1) is 0 Å².